The van der Waals surface area contributed by atoms with Crippen molar-refractivity contribution < 1.29 is 0 Å². The molecule has 2 rings (SSSR count). The maximum Gasteiger partial charge on any atom is 0.0320 e. The fourth-order valence-corrected chi connectivity index (χ4v) is 3.44. The van der Waals surface area contributed by atoms with Gasteiger partial charge in [0.05, 0.1) is 0 Å². The number of nitrogens with one attached hydrogen (secondary N) is 1. The summed E-state index contributed by atoms with van der Waals surface area (Å²) in [6.07, 6.45) is 6.48. The Bertz CT molecular complexity index is 403. The second kappa shape index (κ2) is 6.41. The number of hydrogen-bond donors (Lipinski definition) is 1. The summed E-state index contributed by atoms with van der Waals surface area (Å²) in [5, 5.41) is 3.87. The van der Waals surface area contributed by atoms with Gasteiger partial charge in [0.2, 0.25) is 0 Å². The molecule has 1 aromatic carbocycles. The lowest BCUT2D eigenvalue weighted by molar-refractivity contribution is 0.197. The second-order valence-electron chi connectivity index (χ2n) is 6.62. The van der Waals surface area contributed by atoms with Gasteiger partial charge in [-0.1, -0.05) is 48.8 Å². The first-order valence-electron chi connectivity index (χ1n) is 7.52. The zero-order valence-corrected chi connectivity index (χ0v) is 14.0. The fraction of sp³-hybridized carbons (Fsp3) is 0.647. The average molecular weight is 324 g/mol. The predicted molar refractivity (Wildman–Crippen MR) is 86.3 cm³/mol. The van der Waals surface area contributed by atoms with Gasteiger partial charge in [0.1, 0.15) is 0 Å². The topological polar surface area (TPSA) is 12.0 Å². The van der Waals surface area contributed by atoms with Crippen LogP contribution in [0.4, 0.5) is 0 Å². The van der Waals surface area contributed by atoms with Crippen LogP contribution >= 0.6 is 15.9 Å². The van der Waals surface area contributed by atoms with Crippen molar-refractivity contribution in [1.29, 1.82) is 0 Å². The molecular weight excluding hydrogens is 298 g/mol. The van der Waals surface area contributed by atoms with Gasteiger partial charge in [0.25, 0.3) is 0 Å². The van der Waals surface area contributed by atoms with Crippen LogP contribution in [0.1, 0.15) is 64.5 Å². The smallest absolute Gasteiger partial charge is 0.0320 e. The van der Waals surface area contributed by atoms with Crippen molar-refractivity contribution in [2.45, 2.75) is 65.0 Å². The Labute approximate surface area is 126 Å². The molecule has 1 atom stereocenters. The summed E-state index contributed by atoms with van der Waals surface area (Å²) >= 11 is 3.57. The molecule has 19 heavy (non-hydrogen) atoms. The van der Waals surface area contributed by atoms with Gasteiger partial charge >= 0.3 is 0 Å². The van der Waals surface area contributed by atoms with Gasteiger partial charge in [-0.3, -0.25) is 0 Å². The summed E-state index contributed by atoms with van der Waals surface area (Å²) in [5.74, 6) is 0. The van der Waals surface area contributed by atoms with Gasteiger partial charge < -0.3 is 5.32 Å². The van der Waals surface area contributed by atoms with E-state index in [4.69, 9.17) is 0 Å². The highest BCUT2D eigenvalue weighted by atomic mass is 79.9. The van der Waals surface area contributed by atoms with Crippen LogP contribution in [0.5, 0.6) is 0 Å². The van der Waals surface area contributed by atoms with Gasteiger partial charge in [-0.15, -0.1) is 0 Å². The van der Waals surface area contributed by atoms with E-state index in [0.29, 0.717) is 17.5 Å². The van der Waals surface area contributed by atoms with Crippen molar-refractivity contribution >= 4 is 15.9 Å². The lowest BCUT2D eigenvalue weighted by atomic mass is 9.75. The quantitative estimate of drug-likeness (QED) is 0.775. The number of halogens is 1. The van der Waals surface area contributed by atoms with E-state index >= 15 is 0 Å². The molecule has 1 unspecified atom stereocenters. The van der Waals surface area contributed by atoms with E-state index in [1.54, 1.807) is 0 Å². The third-order valence-electron chi connectivity index (χ3n) is 4.44. The van der Waals surface area contributed by atoms with E-state index in [2.05, 4.69) is 66.3 Å². The maximum atomic E-state index is 3.87. The molecule has 2 heteroatoms. The molecule has 0 amide bonds. The van der Waals surface area contributed by atoms with Gasteiger partial charge in [-0.2, -0.15) is 0 Å². The van der Waals surface area contributed by atoms with Crippen LogP contribution in [0.15, 0.2) is 28.7 Å². The summed E-state index contributed by atoms with van der Waals surface area (Å²) in [5.41, 5.74) is 1.96. The molecule has 0 aliphatic heterocycles. The van der Waals surface area contributed by atoms with Crippen LogP contribution in [0.3, 0.4) is 0 Å². The molecule has 1 N–H and O–H groups in total. The minimum Gasteiger partial charge on any atom is -0.307 e. The summed E-state index contributed by atoms with van der Waals surface area (Å²) < 4.78 is 1.18. The molecule has 0 saturated heterocycles. The average Bonchev–Trinajstić information content (AvgIpc) is 2.37. The Morgan fingerprint density at radius 2 is 2.00 bits per heavy atom. The van der Waals surface area contributed by atoms with Crippen molar-refractivity contribution in [3.05, 3.63) is 34.3 Å². The Kier molecular flexibility index (Phi) is 5.08. The summed E-state index contributed by atoms with van der Waals surface area (Å²) in [4.78, 5) is 0. The first-order chi connectivity index (χ1) is 9.00. The lowest BCUT2D eigenvalue weighted by Crippen LogP contribution is -2.37. The SMILES string of the molecule is CCC(NC1CCC(C)(C)CC1)c1cccc(Br)c1. The van der Waals surface area contributed by atoms with Crippen LogP contribution < -0.4 is 5.32 Å². The van der Waals surface area contributed by atoms with Crippen LogP contribution in [0.2, 0.25) is 0 Å². The Morgan fingerprint density at radius 1 is 1.32 bits per heavy atom. The van der Waals surface area contributed by atoms with E-state index in [1.165, 1.54) is 35.7 Å². The lowest BCUT2D eigenvalue weighted by Gasteiger charge is -2.36. The van der Waals surface area contributed by atoms with Gasteiger partial charge in [-0.05, 0) is 55.2 Å². The number of benzene rings is 1. The van der Waals surface area contributed by atoms with Crippen molar-refractivity contribution in [3.63, 3.8) is 0 Å². The molecular formula is C17H26BrN. The molecule has 1 aromatic rings. The van der Waals surface area contributed by atoms with Crippen LogP contribution in [0, 0.1) is 5.41 Å². The fourth-order valence-electron chi connectivity index (χ4n) is 3.02. The Morgan fingerprint density at radius 3 is 2.58 bits per heavy atom. The molecule has 1 aliphatic rings. The van der Waals surface area contributed by atoms with Gasteiger partial charge in [0.15, 0.2) is 0 Å². The zero-order chi connectivity index (χ0) is 13.9. The predicted octanol–water partition coefficient (Wildman–Crippen LogP) is 5.46. The van der Waals surface area contributed by atoms with E-state index in [9.17, 15) is 0 Å². The summed E-state index contributed by atoms with van der Waals surface area (Å²) in [6, 6.07) is 9.89. The normalized spacial score (nSPS) is 21.3. The molecule has 1 saturated carbocycles. The highest BCUT2D eigenvalue weighted by Crippen LogP contribution is 2.36. The van der Waals surface area contributed by atoms with Crippen molar-refractivity contribution in [3.8, 4) is 0 Å². The standard InChI is InChI=1S/C17H26BrN/c1-4-16(13-6-5-7-14(18)12-13)19-15-8-10-17(2,3)11-9-15/h5-7,12,15-16,19H,4,8-11H2,1-3H3. The summed E-state index contributed by atoms with van der Waals surface area (Å²) in [7, 11) is 0. The van der Waals surface area contributed by atoms with Crippen molar-refractivity contribution in [1.82, 2.24) is 5.32 Å². The molecule has 1 fully saturated rings. The monoisotopic (exact) mass is 323 g/mol. The third-order valence-corrected chi connectivity index (χ3v) is 4.93. The zero-order valence-electron chi connectivity index (χ0n) is 12.4. The molecule has 1 nitrogen and oxygen atoms in total. The highest BCUT2D eigenvalue weighted by Gasteiger charge is 2.27. The number of hydrogen-bond acceptors (Lipinski definition) is 1. The van der Waals surface area contributed by atoms with Gasteiger partial charge in [0, 0.05) is 16.6 Å². The molecule has 0 radical (unpaired) electrons. The molecule has 0 aromatic heterocycles. The van der Waals surface area contributed by atoms with Crippen molar-refractivity contribution in [2.24, 2.45) is 5.41 Å². The van der Waals surface area contributed by atoms with Crippen LogP contribution in [-0.2, 0) is 0 Å². The second-order valence-corrected chi connectivity index (χ2v) is 7.54. The van der Waals surface area contributed by atoms with E-state index in [0.717, 1.165) is 6.42 Å². The largest absolute Gasteiger partial charge is 0.307 e. The van der Waals surface area contributed by atoms with Crippen molar-refractivity contribution in [2.75, 3.05) is 0 Å². The van der Waals surface area contributed by atoms with Crippen LogP contribution in [0.25, 0.3) is 0 Å². The first kappa shape index (κ1) is 15.1. The van der Waals surface area contributed by atoms with Crippen LogP contribution in [-0.4, -0.2) is 6.04 Å². The summed E-state index contributed by atoms with van der Waals surface area (Å²) in [6.45, 7) is 7.06. The number of rotatable bonds is 4. The van der Waals surface area contributed by atoms with E-state index in [-0.39, 0.29) is 0 Å². The minimum atomic E-state index is 0.490. The Hall–Kier alpha value is -0.340. The minimum absolute atomic E-state index is 0.490. The Balaban J connectivity index is 1.97. The van der Waals surface area contributed by atoms with E-state index in [1.807, 2.05) is 0 Å². The first-order valence-corrected chi connectivity index (χ1v) is 8.31. The maximum absolute atomic E-state index is 3.87. The molecule has 0 spiro atoms. The third kappa shape index (κ3) is 4.32. The van der Waals surface area contributed by atoms with Gasteiger partial charge in [-0.25, -0.2) is 0 Å². The highest BCUT2D eigenvalue weighted by molar-refractivity contribution is 9.10. The van der Waals surface area contributed by atoms with E-state index < -0.39 is 0 Å². The molecule has 0 heterocycles. The molecule has 106 valence electrons. The molecule has 1 aliphatic carbocycles. The molecule has 0 bridgehead atoms.